The van der Waals surface area contributed by atoms with Gasteiger partial charge in [-0.15, -0.1) is 5.10 Å². The van der Waals surface area contributed by atoms with Crippen molar-refractivity contribution in [3.05, 3.63) is 30.3 Å². The highest BCUT2D eigenvalue weighted by Gasteiger charge is 2.20. The molecule has 0 bridgehead atoms. The van der Waals surface area contributed by atoms with Gasteiger partial charge in [0.2, 0.25) is 0 Å². The van der Waals surface area contributed by atoms with E-state index < -0.39 is 0 Å². The Morgan fingerprint density at radius 1 is 1.00 bits per heavy atom. The molecule has 1 aliphatic rings. The van der Waals surface area contributed by atoms with E-state index in [1.807, 2.05) is 22.9 Å². The molecule has 0 unspecified atom stereocenters. The van der Waals surface area contributed by atoms with Crippen molar-refractivity contribution in [3.8, 4) is 11.4 Å². The Kier molecular flexibility index (Phi) is 2.86. The maximum absolute atomic E-state index is 4.17. The zero-order valence-corrected chi connectivity index (χ0v) is 9.79. The van der Waals surface area contributed by atoms with Crippen LogP contribution in [0.2, 0.25) is 0 Å². The summed E-state index contributed by atoms with van der Waals surface area (Å²) < 4.78 is 2.01. The summed E-state index contributed by atoms with van der Waals surface area (Å²) in [6.07, 6.45) is 6.33. The largest absolute Gasteiger partial charge is 0.222 e. The predicted molar refractivity (Wildman–Crippen MR) is 65.4 cm³/mol. The Hall–Kier alpha value is -1.71. The summed E-state index contributed by atoms with van der Waals surface area (Å²) in [5, 5.41) is 12.2. The zero-order valence-electron chi connectivity index (χ0n) is 9.79. The minimum absolute atomic E-state index is 0.481. The molecule has 4 heteroatoms. The fraction of sp³-hybridized carbons (Fsp3) is 0.462. The fourth-order valence-electron chi connectivity index (χ4n) is 2.54. The van der Waals surface area contributed by atoms with E-state index in [0.29, 0.717) is 6.04 Å². The average Bonchev–Trinajstić information content (AvgIpc) is 2.90. The number of nitrogens with zero attached hydrogens (tertiary/aromatic N) is 4. The quantitative estimate of drug-likeness (QED) is 0.793. The van der Waals surface area contributed by atoms with E-state index in [2.05, 4.69) is 27.7 Å². The van der Waals surface area contributed by atoms with Gasteiger partial charge in [0, 0.05) is 5.56 Å². The molecular formula is C13H16N4. The van der Waals surface area contributed by atoms with Gasteiger partial charge in [0.25, 0.3) is 0 Å². The lowest BCUT2D eigenvalue weighted by Crippen LogP contribution is -2.15. The summed E-state index contributed by atoms with van der Waals surface area (Å²) in [6.45, 7) is 0. The molecule has 3 rings (SSSR count). The van der Waals surface area contributed by atoms with Gasteiger partial charge < -0.3 is 0 Å². The summed E-state index contributed by atoms with van der Waals surface area (Å²) >= 11 is 0. The van der Waals surface area contributed by atoms with Crippen molar-refractivity contribution in [2.24, 2.45) is 0 Å². The molecule has 1 saturated carbocycles. The minimum atomic E-state index is 0.481. The fourth-order valence-corrected chi connectivity index (χ4v) is 2.54. The van der Waals surface area contributed by atoms with Crippen LogP contribution in [0, 0.1) is 0 Å². The topological polar surface area (TPSA) is 43.6 Å². The highest BCUT2D eigenvalue weighted by atomic mass is 15.5. The normalized spacial score (nSPS) is 17.2. The maximum Gasteiger partial charge on any atom is 0.182 e. The van der Waals surface area contributed by atoms with Crippen LogP contribution in [0.1, 0.15) is 38.1 Å². The molecule has 1 aliphatic carbocycles. The van der Waals surface area contributed by atoms with E-state index in [1.165, 1.54) is 32.1 Å². The molecule has 0 N–H and O–H groups in total. The zero-order chi connectivity index (χ0) is 11.5. The third kappa shape index (κ3) is 2.07. The molecule has 1 fully saturated rings. The number of aromatic nitrogens is 4. The Morgan fingerprint density at radius 2 is 1.76 bits per heavy atom. The Bertz CT molecular complexity index is 471. The molecule has 0 saturated heterocycles. The second kappa shape index (κ2) is 4.65. The molecule has 88 valence electrons. The lowest BCUT2D eigenvalue weighted by Gasteiger charge is -2.22. The van der Waals surface area contributed by atoms with Crippen LogP contribution >= 0.6 is 0 Å². The standard InChI is InChI=1S/C13H16N4/c1-3-7-11(8-4-1)13-14-15-16-17(13)12-9-5-2-6-10-12/h1,3-4,7-8,12H,2,5-6,9-10H2. The molecular weight excluding hydrogens is 212 g/mol. The third-order valence-corrected chi connectivity index (χ3v) is 3.45. The maximum atomic E-state index is 4.17. The van der Waals surface area contributed by atoms with Crippen LogP contribution in [-0.4, -0.2) is 20.2 Å². The van der Waals surface area contributed by atoms with Gasteiger partial charge >= 0.3 is 0 Å². The molecule has 1 aromatic heterocycles. The molecule has 4 nitrogen and oxygen atoms in total. The first-order valence-corrected chi connectivity index (χ1v) is 6.28. The number of tetrazole rings is 1. The summed E-state index contributed by atoms with van der Waals surface area (Å²) in [5.41, 5.74) is 1.10. The molecule has 0 spiro atoms. The molecule has 0 aliphatic heterocycles. The predicted octanol–water partition coefficient (Wildman–Crippen LogP) is 2.85. The lowest BCUT2D eigenvalue weighted by molar-refractivity contribution is 0.327. The van der Waals surface area contributed by atoms with Crippen LogP contribution in [0.25, 0.3) is 11.4 Å². The van der Waals surface area contributed by atoms with Crippen LogP contribution in [0.3, 0.4) is 0 Å². The average molecular weight is 228 g/mol. The summed E-state index contributed by atoms with van der Waals surface area (Å²) in [7, 11) is 0. The minimum Gasteiger partial charge on any atom is -0.222 e. The number of hydrogen-bond acceptors (Lipinski definition) is 3. The van der Waals surface area contributed by atoms with Crippen molar-refractivity contribution in [1.29, 1.82) is 0 Å². The smallest absolute Gasteiger partial charge is 0.182 e. The van der Waals surface area contributed by atoms with Gasteiger partial charge in [-0.2, -0.15) is 0 Å². The van der Waals surface area contributed by atoms with E-state index in [4.69, 9.17) is 0 Å². The van der Waals surface area contributed by atoms with Gasteiger partial charge in [0.1, 0.15) is 0 Å². The molecule has 0 radical (unpaired) electrons. The highest BCUT2D eigenvalue weighted by Crippen LogP contribution is 2.30. The van der Waals surface area contributed by atoms with Crippen LogP contribution < -0.4 is 0 Å². The van der Waals surface area contributed by atoms with Crippen molar-refractivity contribution in [3.63, 3.8) is 0 Å². The van der Waals surface area contributed by atoms with Crippen molar-refractivity contribution in [2.75, 3.05) is 0 Å². The lowest BCUT2D eigenvalue weighted by atomic mass is 9.95. The molecule has 1 heterocycles. The molecule has 17 heavy (non-hydrogen) atoms. The SMILES string of the molecule is c1ccc(-c2nnnn2C2CCCCC2)cc1. The van der Waals surface area contributed by atoms with E-state index in [1.54, 1.807) is 0 Å². The van der Waals surface area contributed by atoms with Gasteiger partial charge in [0.05, 0.1) is 6.04 Å². The van der Waals surface area contributed by atoms with Crippen LogP contribution in [0.15, 0.2) is 30.3 Å². The summed E-state index contributed by atoms with van der Waals surface area (Å²) in [6, 6.07) is 10.7. The van der Waals surface area contributed by atoms with Gasteiger partial charge in [-0.25, -0.2) is 4.68 Å². The Labute approximate surface area is 101 Å². The first-order valence-electron chi connectivity index (χ1n) is 6.28. The van der Waals surface area contributed by atoms with E-state index in [9.17, 15) is 0 Å². The Balaban J connectivity index is 1.93. The van der Waals surface area contributed by atoms with Gasteiger partial charge in [-0.3, -0.25) is 0 Å². The molecule has 0 amide bonds. The van der Waals surface area contributed by atoms with E-state index in [-0.39, 0.29) is 0 Å². The van der Waals surface area contributed by atoms with Crippen LogP contribution in [0.5, 0.6) is 0 Å². The first-order chi connectivity index (χ1) is 8.45. The highest BCUT2D eigenvalue weighted by molar-refractivity contribution is 5.54. The van der Waals surface area contributed by atoms with E-state index in [0.717, 1.165) is 11.4 Å². The van der Waals surface area contributed by atoms with E-state index >= 15 is 0 Å². The first kappa shape index (κ1) is 10.4. The van der Waals surface area contributed by atoms with Crippen molar-refractivity contribution in [2.45, 2.75) is 38.1 Å². The van der Waals surface area contributed by atoms with Gasteiger partial charge in [0.15, 0.2) is 5.82 Å². The van der Waals surface area contributed by atoms with Gasteiger partial charge in [-0.05, 0) is 23.3 Å². The Morgan fingerprint density at radius 3 is 2.53 bits per heavy atom. The number of rotatable bonds is 2. The summed E-state index contributed by atoms with van der Waals surface area (Å²) in [4.78, 5) is 0. The molecule has 1 aromatic carbocycles. The molecule has 0 atom stereocenters. The van der Waals surface area contributed by atoms with Crippen molar-refractivity contribution < 1.29 is 0 Å². The number of benzene rings is 1. The van der Waals surface area contributed by atoms with Crippen molar-refractivity contribution in [1.82, 2.24) is 20.2 Å². The second-order valence-electron chi connectivity index (χ2n) is 4.60. The number of hydrogen-bond donors (Lipinski definition) is 0. The van der Waals surface area contributed by atoms with Crippen LogP contribution in [-0.2, 0) is 0 Å². The summed E-state index contributed by atoms with van der Waals surface area (Å²) in [5.74, 6) is 0.900. The van der Waals surface area contributed by atoms with Gasteiger partial charge in [-0.1, -0.05) is 49.6 Å². The third-order valence-electron chi connectivity index (χ3n) is 3.45. The molecule has 2 aromatic rings. The van der Waals surface area contributed by atoms with Crippen LogP contribution in [0.4, 0.5) is 0 Å². The van der Waals surface area contributed by atoms with Crippen molar-refractivity contribution >= 4 is 0 Å². The monoisotopic (exact) mass is 228 g/mol. The second-order valence-corrected chi connectivity index (χ2v) is 4.60.